The number of hydrogen-bond donors (Lipinski definition) is 2. The first kappa shape index (κ1) is 13.3. The molecular formula is C14H24N2O3. The van der Waals surface area contributed by atoms with Gasteiger partial charge in [-0.25, -0.2) is 0 Å². The van der Waals surface area contributed by atoms with Gasteiger partial charge >= 0.3 is 0 Å². The van der Waals surface area contributed by atoms with E-state index in [0.29, 0.717) is 0 Å². The lowest BCUT2D eigenvalue weighted by Crippen LogP contribution is -2.49. The van der Waals surface area contributed by atoms with E-state index in [1.54, 1.807) is 0 Å². The van der Waals surface area contributed by atoms with E-state index in [4.69, 9.17) is 4.74 Å². The minimum Gasteiger partial charge on any atom is -0.393 e. The number of carbonyl (C=O) groups excluding carboxylic acids is 1. The van der Waals surface area contributed by atoms with Crippen molar-refractivity contribution in [1.82, 2.24) is 10.2 Å². The van der Waals surface area contributed by atoms with E-state index in [1.807, 2.05) is 4.90 Å². The molecule has 19 heavy (non-hydrogen) atoms. The van der Waals surface area contributed by atoms with Crippen LogP contribution in [0.1, 0.15) is 38.5 Å². The van der Waals surface area contributed by atoms with Crippen molar-refractivity contribution in [2.45, 2.75) is 62.8 Å². The molecule has 3 aliphatic rings. The maximum absolute atomic E-state index is 12.3. The number of rotatable bonds is 3. The highest BCUT2D eigenvalue weighted by atomic mass is 16.5. The molecule has 2 atom stereocenters. The lowest BCUT2D eigenvalue weighted by Gasteiger charge is -2.37. The normalized spacial score (nSPS) is 35.6. The van der Waals surface area contributed by atoms with Gasteiger partial charge in [-0.15, -0.1) is 0 Å². The Labute approximate surface area is 114 Å². The summed E-state index contributed by atoms with van der Waals surface area (Å²) in [5.74, 6) is 0.123. The Kier molecular flexibility index (Phi) is 4.05. The lowest BCUT2D eigenvalue weighted by atomic mass is 10.00. The van der Waals surface area contributed by atoms with E-state index >= 15 is 0 Å². The van der Waals surface area contributed by atoms with Crippen molar-refractivity contribution in [3.63, 3.8) is 0 Å². The number of nitrogens with one attached hydrogen (secondary N) is 1. The first-order chi connectivity index (χ1) is 9.24. The number of ether oxygens (including phenoxy) is 1. The van der Waals surface area contributed by atoms with Crippen LogP contribution in [-0.2, 0) is 9.53 Å². The lowest BCUT2D eigenvalue weighted by molar-refractivity contribution is -0.144. The molecule has 0 aliphatic carbocycles. The molecule has 5 heteroatoms. The van der Waals surface area contributed by atoms with Crippen LogP contribution in [0.25, 0.3) is 0 Å². The maximum Gasteiger partial charge on any atom is 0.249 e. The van der Waals surface area contributed by atoms with Gasteiger partial charge in [-0.05, 0) is 51.6 Å². The zero-order valence-electron chi connectivity index (χ0n) is 11.4. The fourth-order valence-electron chi connectivity index (χ4n) is 3.78. The van der Waals surface area contributed by atoms with Crippen LogP contribution < -0.4 is 5.32 Å². The third-order valence-corrected chi connectivity index (χ3v) is 4.72. The molecule has 108 valence electrons. The second-order valence-corrected chi connectivity index (χ2v) is 6.07. The molecule has 1 amide bonds. The van der Waals surface area contributed by atoms with Crippen LogP contribution in [0.3, 0.4) is 0 Å². The zero-order chi connectivity index (χ0) is 13.2. The van der Waals surface area contributed by atoms with Crippen molar-refractivity contribution in [3.8, 4) is 0 Å². The predicted octanol–water partition coefficient (Wildman–Crippen LogP) is 0.269. The van der Waals surface area contributed by atoms with Gasteiger partial charge < -0.3 is 20.1 Å². The fourth-order valence-corrected chi connectivity index (χ4v) is 3.78. The summed E-state index contributed by atoms with van der Waals surface area (Å²) >= 11 is 0. The second kappa shape index (κ2) is 5.77. The molecule has 2 unspecified atom stereocenters. The van der Waals surface area contributed by atoms with E-state index in [1.165, 1.54) is 0 Å². The van der Waals surface area contributed by atoms with Crippen molar-refractivity contribution >= 4 is 5.91 Å². The number of piperidine rings is 2. The molecule has 3 rings (SSSR count). The Morgan fingerprint density at radius 3 is 2.42 bits per heavy atom. The van der Waals surface area contributed by atoms with E-state index < -0.39 is 0 Å². The minimum absolute atomic E-state index is 0.123. The van der Waals surface area contributed by atoms with Crippen molar-refractivity contribution in [2.24, 2.45) is 0 Å². The summed E-state index contributed by atoms with van der Waals surface area (Å²) in [6.07, 6.45) is 5.59. The number of aliphatic hydroxyl groups is 1. The standard InChI is InChI=1S/C14H24N2O3/c17-12-7-10-1-2-11(8-12)16(10)14(18)9-19-13-3-5-15-6-4-13/h10-13,15,17H,1-9H2. The summed E-state index contributed by atoms with van der Waals surface area (Å²) in [6, 6.07) is 0.496. The quantitative estimate of drug-likeness (QED) is 0.771. The Hall–Kier alpha value is -0.650. The summed E-state index contributed by atoms with van der Waals surface area (Å²) in [4.78, 5) is 14.3. The van der Waals surface area contributed by atoms with Gasteiger partial charge in [0.1, 0.15) is 6.61 Å². The third kappa shape index (κ3) is 2.93. The third-order valence-electron chi connectivity index (χ3n) is 4.72. The molecule has 5 nitrogen and oxygen atoms in total. The molecule has 0 spiro atoms. The van der Waals surface area contributed by atoms with Crippen LogP contribution in [0.2, 0.25) is 0 Å². The van der Waals surface area contributed by atoms with Crippen molar-refractivity contribution in [1.29, 1.82) is 0 Å². The molecule has 2 bridgehead atoms. The molecule has 3 saturated heterocycles. The number of nitrogens with zero attached hydrogens (tertiary/aromatic N) is 1. The summed E-state index contributed by atoms with van der Waals surface area (Å²) in [5.41, 5.74) is 0. The average molecular weight is 268 g/mol. The van der Waals surface area contributed by atoms with Gasteiger partial charge in [-0.1, -0.05) is 0 Å². The van der Waals surface area contributed by atoms with Crippen LogP contribution in [0.5, 0.6) is 0 Å². The van der Waals surface area contributed by atoms with E-state index in [9.17, 15) is 9.90 Å². The zero-order valence-corrected chi connectivity index (χ0v) is 11.4. The Balaban J connectivity index is 1.50. The molecule has 2 N–H and O–H groups in total. The molecule has 0 aromatic heterocycles. The highest BCUT2D eigenvalue weighted by molar-refractivity contribution is 5.78. The average Bonchev–Trinajstić information content (AvgIpc) is 2.70. The predicted molar refractivity (Wildman–Crippen MR) is 70.7 cm³/mol. The van der Waals surface area contributed by atoms with Gasteiger partial charge in [0.05, 0.1) is 12.2 Å². The number of carbonyl (C=O) groups is 1. The fraction of sp³-hybridized carbons (Fsp3) is 0.929. The molecule has 0 saturated carbocycles. The van der Waals surface area contributed by atoms with Gasteiger partial charge in [0, 0.05) is 12.1 Å². The number of amides is 1. The van der Waals surface area contributed by atoms with E-state index in [-0.39, 0.29) is 36.8 Å². The van der Waals surface area contributed by atoms with Gasteiger partial charge in [0.15, 0.2) is 0 Å². The molecule has 3 fully saturated rings. The van der Waals surface area contributed by atoms with E-state index in [0.717, 1.165) is 51.6 Å². The van der Waals surface area contributed by atoms with Gasteiger partial charge in [-0.2, -0.15) is 0 Å². The summed E-state index contributed by atoms with van der Waals surface area (Å²) in [6.45, 7) is 2.19. The Morgan fingerprint density at radius 2 is 1.79 bits per heavy atom. The number of hydrogen-bond acceptors (Lipinski definition) is 4. The summed E-state index contributed by atoms with van der Waals surface area (Å²) < 4.78 is 5.76. The van der Waals surface area contributed by atoms with Crippen LogP contribution in [0.15, 0.2) is 0 Å². The highest BCUT2D eigenvalue weighted by Crippen LogP contribution is 2.35. The topological polar surface area (TPSA) is 61.8 Å². The number of aliphatic hydroxyl groups excluding tert-OH is 1. The van der Waals surface area contributed by atoms with Crippen LogP contribution >= 0.6 is 0 Å². The van der Waals surface area contributed by atoms with E-state index in [2.05, 4.69) is 5.32 Å². The first-order valence-corrected chi connectivity index (χ1v) is 7.55. The molecule has 0 aromatic rings. The summed E-state index contributed by atoms with van der Waals surface area (Å²) in [5, 5.41) is 13.0. The Bertz CT molecular complexity index is 317. The second-order valence-electron chi connectivity index (χ2n) is 6.07. The minimum atomic E-state index is -0.216. The first-order valence-electron chi connectivity index (χ1n) is 7.55. The molecule has 3 aliphatic heterocycles. The largest absolute Gasteiger partial charge is 0.393 e. The summed E-state index contributed by atoms with van der Waals surface area (Å²) in [7, 11) is 0. The number of fused-ring (bicyclic) bond motifs is 2. The van der Waals surface area contributed by atoms with Crippen LogP contribution in [0.4, 0.5) is 0 Å². The van der Waals surface area contributed by atoms with Crippen molar-refractivity contribution in [3.05, 3.63) is 0 Å². The van der Waals surface area contributed by atoms with Crippen molar-refractivity contribution < 1.29 is 14.6 Å². The van der Waals surface area contributed by atoms with Crippen LogP contribution in [-0.4, -0.2) is 59.9 Å². The van der Waals surface area contributed by atoms with Gasteiger partial charge in [-0.3, -0.25) is 4.79 Å². The van der Waals surface area contributed by atoms with Gasteiger partial charge in [0.25, 0.3) is 0 Å². The maximum atomic E-state index is 12.3. The molecule has 3 heterocycles. The SMILES string of the molecule is O=C(COC1CCNCC1)N1C2CCC1CC(O)C2. The molecule has 0 radical (unpaired) electrons. The van der Waals surface area contributed by atoms with Crippen molar-refractivity contribution in [2.75, 3.05) is 19.7 Å². The smallest absolute Gasteiger partial charge is 0.249 e. The molecule has 0 aromatic carbocycles. The van der Waals surface area contributed by atoms with Gasteiger partial charge in [0.2, 0.25) is 5.91 Å². The monoisotopic (exact) mass is 268 g/mol. The highest BCUT2D eigenvalue weighted by Gasteiger charge is 2.42. The molecular weight excluding hydrogens is 244 g/mol. The Morgan fingerprint density at radius 1 is 1.16 bits per heavy atom. The van der Waals surface area contributed by atoms with Crippen LogP contribution in [0, 0.1) is 0 Å².